The fourth-order valence-corrected chi connectivity index (χ4v) is 1.27. The van der Waals surface area contributed by atoms with Crippen LogP contribution in [0.3, 0.4) is 0 Å². The Bertz CT molecular complexity index is 530. The van der Waals surface area contributed by atoms with Crippen molar-refractivity contribution in [1.29, 1.82) is 5.26 Å². The van der Waals surface area contributed by atoms with E-state index in [4.69, 9.17) is 11.0 Å². The van der Waals surface area contributed by atoms with Gasteiger partial charge in [-0.15, -0.1) is 0 Å². The highest BCUT2D eigenvalue weighted by Crippen LogP contribution is 2.08. The third-order valence-corrected chi connectivity index (χ3v) is 2.05. The molecule has 2 rings (SSSR count). The van der Waals surface area contributed by atoms with Gasteiger partial charge < -0.3 is 5.73 Å². The van der Waals surface area contributed by atoms with Crippen LogP contribution >= 0.6 is 0 Å². The predicted molar refractivity (Wildman–Crippen MR) is 58.2 cm³/mol. The summed E-state index contributed by atoms with van der Waals surface area (Å²) >= 11 is 0. The molecule has 0 aliphatic carbocycles. The Hall–Kier alpha value is -2.48. The van der Waals surface area contributed by atoms with Gasteiger partial charge in [0, 0.05) is 11.9 Å². The van der Waals surface area contributed by atoms with Crippen LogP contribution in [-0.4, -0.2) is 15.0 Å². The van der Waals surface area contributed by atoms with Gasteiger partial charge in [-0.25, -0.2) is 9.97 Å². The first kappa shape index (κ1) is 10.1. The molecule has 0 bridgehead atoms. The third kappa shape index (κ3) is 2.12. The summed E-state index contributed by atoms with van der Waals surface area (Å²) in [6.07, 6.45) is 3.65. The van der Waals surface area contributed by atoms with Crippen LogP contribution in [0.1, 0.15) is 17.1 Å². The van der Waals surface area contributed by atoms with Crippen LogP contribution in [0.4, 0.5) is 5.82 Å². The molecule has 0 aliphatic rings. The minimum atomic E-state index is 0.212. The second-order valence-corrected chi connectivity index (χ2v) is 3.19. The molecule has 5 heteroatoms. The summed E-state index contributed by atoms with van der Waals surface area (Å²) in [7, 11) is 0. The first-order chi connectivity index (χ1) is 7.79. The number of nitriles is 1. The molecule has 16 heavy (non-hydrogen) atoms. The Morgan fingerprint density at radius 2 is 2.19 bits per heavy atom. The van der Waals surface area contributed by atoms with Gasteiger partial charge in [-0.05, 0) is 12.1 Å². The standard InChI is InChI=1S/C11H9N5/c12-6-8-7-15-10(16-11(8)13)5-9-3-1-2-4-14-9/h1-4,7H,5H2,(H2,13,15,16). The van der Waals surface area contributed by atoms with Crippen molar-refractivity contribution < 1.29 is 0 Å². The van der Waals surface area contributed by atoms with Gasteiger partial charge in [-0.1, -0.05) is 6.07 Å². The molecule has 0 spiro atoms. The fourth-order valence-electron chi connectivity index (χ4n) is 1.27. The van der Waals surface area contributed by atoms with Crippen molar-refractivity contribution in [3.05, 3.63) is 47.7 Å². The van der Waals surface area contributed by atoms with Gasteiger partial charge in [0.05, 0.1) is 12.6 Å². The van der Waals surface area contributed by atoms with Crippen molar-refractivity contribution in [2.75, 3.05) is 5.73 Å². The zero-order valence-electron chi connectivity index (χ0n) is 8.46. The monoisotopic (exact) mass is 211 g/mol. The van der Waals surface area contributed by atoms with E-state index >= 15 is 0 Å². The number of hydrogen-bond acceptors (Lipinski definition) is 5. The Morgan fingerprint density at radius 3 is 2.81 bits per heavy atom. The summed E-state index contributed by atoms with van der Waals surface area (Å²) in [5, 5.41) is 8.68. The van der Waals surface area contributed by atoms with E-state index in [1.807, 2.05) is 24.3 Å². The molecular weight excluding hydrogens is 202 g/mol. The molecule has 78 valence electrons. The number of hydrogen-bond donors (Lipinski definition) is 1. The van der Waals surface area contributed by atoms with E-state index in [9.17, 15) is 0 Å². The van der Waals surface area contributed by atoms with Gasteiger partial charge in [0.1, 0.15) is 23.3 Å². The van der Waals surface area contributed by atoms with E-state index in [0.29, 0.717) is 17.8 Å². The molecule has 2 aromatic heterocycles. The highest BCUT2D eigenvalue weighted by Gasteiger charge is 2.04. The smallest absolute Gasteiger partial charge is 0.145 e. The molecule has 0 aromatic carbocycles. The van der Waals surface area contributed by atoms with Crippen molar-refractivity contribution >= 4 is 5.82 Å². The van der Waals surface area contributed by atoms with Gasteiger partial charge in [-0.2, -0.15) is 5.26 Å². The number of nitrogens with two attached hydrogens (primary N) is 1. The second-order valence-electron chi connectivity index (χ2n) is 3.19. The molecule has 2 aromatic rings. The number of pyridine rings is 1. The summed E-state index contributed by atoms with van der Waals surface area (Å²) in [6.45, 7) is 0. The van der Waals surface area contributed by atoms with Gasteiger partial charge >= 0.3 is 0 Å². The summed E-state index contributed by atoms with van der Waals surface area (Å²) in [4.78, 5) is 12.3. The largest absolute Gasteiger partial charge is 0.382 e. The van der Waals surface area contributed by atoms with E-state index in [-0.39, 0.29) is 5.82 Å². The van der Waals surface area contributed by atoms with E-state index < -0.39 is 0 Å². The molecule has 0 aliphatic heterocycles. The zero-order valence-corrected chi connectivity index (χ0v) is 8.46. The molecule has 0 atom stereocenters. The van der Waals surface area contributed by atoms with E-state index in [0.717, 1.165) is 5.69 Å². The van der Waals surface area contributed by atoms with Crippen LogP contribution < -0.4 is 5.73 Å². The van der Waals surface area contributed by atoms with Crippen molar-refractivity contribution in [2.24, 2.45) is 0 Å². The molecule has 0 unspecified atom stereocenters. The van der Waals surface area contributed by atoms with Gasteiger partial charge in [0.15, 0.2) is 0 Å². The number of aromatic nitrogens is 3. The van der Waals surface area contributed by atoms with Crippen LogP contribution in [0.15, 0.2) is 30.6 Å². The summed E-state index contributed by atoms with van der Waals surface area (Å²) in [6, 6.07) is 7.55. The van der Waals surface area contributed by atoms with Gasteiger partial charge in [-0.3, -0.25) is 4.98 Å². The second kappa shape index (κ2) is 4.36. The quantitative estimate of drug-likeness (QED) is 0.797. The first-order valence-corrected chi connectivity index (χ1v) is 4.71. The van der Waals surface area contributed by atoms with E-state index in [1.54, 1.807) is 6.20 Å². The maximum absolute atomic E-state index is 8.68. The van der Waals surface area contributed by atoms with Crippen LogP contribution in [-0.2, 0) is 6.42 Å². The van der Waals surface area contributed by atoms with Crippen LogP contribution in [0.25, 0.3) is 0 Å². The lowest BCUT2D eigenvalue weighted by atomic mass is 10.2. The molecule has 0 saturated heterocycles. The fraction of sp³-hybridized carbons (Fsp3) is 0.0909. The van der Waals surface area contributed by atoms with E-state index in [2.05, 4.69) is 15.0 Å². The lowest BCUT2D eigenvalue weighted by molar-refractivity contribution is 0.937. The van der Waals surface area contributed by atoms with Gasteiger partial charge in [0.2, 0.25) is 0 Å². The number of nitrogen functional groups attached to an aromatic ring is 1. The lowest BCUT2D eigenvalue weighted by Gasteiger charge is -2.01. The molecule has 2 N–H and O–H groups in total. The van der Waals surface area contributed by atoms with Crippen LogP contribution in [0.5, 0.6) is 0 Å². The molecule has 0 fully saturated rings. The average molecular weight is 211 g/mol. The lowest BCUT2D eigenvalue weighted by Crippen LogP contribution is -2.03. The first-order valence-electron chi connectivity index (χ1n) is 4.71. The Kier molecular flexibility index (Phi) is 2.74. The SMILES string of the molecule is N#Cc1cnc(Cc2ccccn2)nc1N. The summed E-state index contributed by atoms with van der Waals surface area (Å²) in [5.74, 6) is 0.777. The minimum Gasteiger partial charge on any atom is -0.382 e. The normalized spacial score (nSPS) is 9.69. The molecule has 0 amide bonds. The molecule has 0 saturated carbocycles. The maximum Gasteiger partial charge on any atom is 0.145 e. The molecule has 0 radical (unpaired) electrons. The van der Waals surface area contributed by atoms with Crippen LogP contribution in [0, 0.1) is 11.3 Å². The number of nitrogens with zero attached hydrogens (tertiary/aromatic N) is 4. The minimum absolute atomic E-state index is 0.212. The highest BCUT2D eigenvalue weighted by molar-refractivity contribution is 5.46. The Labute approximate surface area is 92.6 Å². The van der Waals surface area contributed by atoms with E-state index in [1.165, 1.54) is 6.20 Å². The Balaban J connectivity index is 2.24. The molecular formula is C11H9N5. The van der Waals surface area contributed by atoms with Crippen molar-refractivity contribution in [1.82, 2.24) is 15.0 Å². The number of anilines is 1. The predicted octanol–water partition coefficient (Wildman–Crippen LogP) is 0.916. The maximum atomic E-state index is 8.68. The van der Waals surface area contributed by atoms with Crippen molar-refractivity contribution in [2.45, 2.75) is 6.42 Å². The average Bonchev–Trinajstić information content (AvgIpc) is 2.31. The van der Waals surface area contributed by atoms with Gasteiger partial charge in [0.25, 0.3) is 0 Å². The number of rotatable bonds is 2. The highest BCUT2D eigenvalue weighted by atomic mass is 14.9. The zero-order chi connectivity index (χ0) is 11.4. The summed E-state index contributed by atoms with van der Waals surface area (Å²) < 4.78 is 0. The third-order valence-electron chi connectivity index (χ3n) is 2.05. The molecule has 5 nitrogen and oxygen atoms in total. The van der Waals surface area contributed by atoms with Crippen molar-refractivity contribution in [3.63, 3.8) is 0 Å². The Morgan fingerprint density at radius 1 is 1.31 bits per heavy atom. The van der Waals surface area contributed by atoms with Crippen LogP contribution in [0.2, 0.25) is 0 Å². The molecule has 2 heterocycles. The summed E-state index contributed by atoms with van der Waals surface area (Å²) in [5.41, 5.74) is 6.75. The topological polar surface area (TPSA) is 88.5 Å². The van der Waals surface area contributed by atoms with Crippen molar-refractivity contribution in [3.8, 4) is 6.07 Å².